The van der Waals surface area contributed by atoms with Crippen molar-refractivity contribution in [1.82, 2.24) is 9.80 Å². The predicted octanol–water partition coefficient (Wildman–Crippen LogP) is 2.99. The van der Waals surface area contributed by atoms with Crippen LogP contribution in [0.25, 0.3) is 0 Å². The highest BCUT2D eigenvalue weighted by Crippen LogP contribution is 2.27. The SMILES string of the molecule is CC(C)CN1C[C@H](C(=O)N(Cc2ccccc2[N+](=O)[O-])CC(F)(F)F)CC1=O. The smallest absolute Gasteiger partial charge is 0.342 e. The number of para-hydroxylation sites is 1. The first-order valence-corrected chi connectivity index (χ1v) is 8.83. The maximum Gasteiger partial charge on any atom is 0.406 e. The molecule has 1 atom stereocenters. The largest absolute Gasteiger partial charge is 0.406 e. The third-order valence-electron chi connectivity index (χ3n) is 4.38. The van der Waals surface area contributed by atoms with Gasteiger partial charge in [0, 0.05) is 31.1 Å². The van der Waals surface area contributed by atoms with Crippen LogP contribution >= 0.6 is 0 Å². The second-order valence-electron chi connectivity index (χ2n) is 7.29. The molecule has 0 aliphatic carbocycles. The second-order valence-corrected chi connectivity index (χ2v) is 7.29. The van der Waals surface area contributed by atoms with Crippen molar-refractivity contribution < 1.29 is 27.7 Å². The zero-order chi connectivity index (χ0) is 21.1. The molecule has 7 nitrogen and oxygen atoms in total. The van der Waals surface area contributed by atoms with Crippen molar-refractivity contribution in [3.8, 4) is 0 Å². The van der Waals surface area contributed by atoms with E-state index in [1.807, 2.05) is 13.8 Å². The van der Waals surface area contributed by atoms with E-state index >= 15 is 0 Å². The number of rotatable bonds is 7. The van der Waals surface area contributed by atoms with Crippen molar-refractivity contribution in [1.29, 1.82) is 0 Å². The Balaban J connectivity index is 2.23. The van der Waals surface area contributed by atoms with Gasteiger partial charge in [-0.1, -0.05) is 32.0 Å². The van der Waals surface area contributed by atoms with Crippen LogP contribution in [-0.4, -0.2) is 52.3 Å². The van der Waals surface area contributed by atoms with Crippen LogP contribution in [0.4, 0.5) is 18.9 Å². The number of likely N-dealkylation sites (tertiary alicyclic amines) is 1. The monoisotopic (exact) mass is 401 g/mol. The van der Waals surface area contributed by atoms with Crippen LogP contribution in [0.2, 0.25) is 0 Å². The van der Waals surface area contributed by atoms with Gasteiger partial charge in [0.15, 0.2) is 0 Å². The van der Waals surface area contributed by atoms with E-state index in [1.165, 1.54) is 29.2 Å². The van der Waals surface area contributed by atoms with Gasteiger partial charge in [0.25, 0.3) is 5.69 Å². The van der Waals surface area contributed by atoms with Crippen LogP contribution < -0.4 is 0 Å². The number of nitrogens with zero attached hydrogens (tertiary/aromatic N) is 3. The molecule has 154 valence electrons. The minimum Gasteiger partial charge on any atom is -0.342 e. The molecule has 0 aromatic heterocycles. The molecule has 28 heavy (non-hydrogen) atoms. The molecular formula is C18H22F3N3O4. The zero-order valence-electron chi connectivity index (χ0n) is 15.6. The van der Waals surface area contributed by atoms with Crippen molar-refractivity contribution in [3.05, 3.63) is 39.9 Å². The molecule has 0 saturated carbocycles. The topological polar surface area (TPSA) is 83.8 Å². The van der Waals surface area contributed by atoms with Crippen molar-refractivity contribution in [2.75, 3.05) is 19.6 Å². The zero-order valence-corrected chi connectivity index (χ0v) is 15.6. The van der Waals surface area contributed by atoms with Gasteiger partial charge in [0.2, 0.25) is 11.8 Å². The van der Waals surface area contributed by atoms with E-state index in [4.69, 9.17) is 0 Å². The molecule has 2 amide bonds. The molecule has 1 heterocycles. The Morgan fingerprint density at radius 3 is 2.57 bits per heavy atom. The number of benzene rings is 1. The van der Waals surface area contributed by atoms with Gasteiger partial charge in [-0.25, -0.2) is 0 Å². The molecule has 1 aromatic rings. The lowest BCUT2D eigenvalue weighted by Crippen LogP contribution is -2.42. The van der Waals surface area contributed by atoms with E-state index in [-0.39, 0.29) is 36.0 Å². The van der Waals surface area contributed by atoms with Crippen LogP contribution in [0.15, 0.2) is 24.3 Å². The third-order valence-corrected chi connectivity index (χ3v) is 4.38. The number of amides is 2. The van der Waals surface area contributed by atoms with Crippen LogP contribution in [0.3, 0.4) is 0 Å². The van der Waals surface area contributed by atoms with Crippen LogP contribution in [0.5, 0.6) is 0 Å². The van der Waals surface area contributed by atoms with Crippen molar-refractivity contribution in [3.63, 3.8) is 0 Å². The first kappa shape index (κ1) is 21.6. The minimum atomic E-state index is -4.67. The second kappa shape index (κ2) is 8.57. The van der Waals surface area contributed by atoms with E-state index in [2.05, 4.69) is 0 Å². The number of hydrogen-bond donors (Lipinski definition) is 0. The number of nitro groups is 1. The molecule has 0 spiro atoms. The summed E-state index contributed by atoms with van der Waals surface area (Å²) in [5.74, 6) is -1.83. The first-order chi connectivity index (χ1) is 13.0. The van der Waals surface area contributed by atoms with Gasteiger partial charge in [-0.3, -0.25) is 19.7 Å². The highest BCUT2D eigenvalue weighted by molar-refractivity contribution is 5.89. The highest BCUT2D eigenvalue weighted by atomic mass is 19.4. The maximum atomic E-state index is 13.0. The molecule has 1 aliphatic rings. The first-order valence-electron chi connectivity index (χ1n) is 8.83. The predicted molar refractivity (Wildman–Crippen MR) is 94.1 cm³/mol. The number of nitro benzene ring substituents is 1. The fourth-order valence-corrected chi connectivity index (χ4v) is 3.27. The summed E-state index contributed by atoms with van der Waals surface area (Å²) in [6.07, 6.45) is -4.82. The standard InChI is InChI=1S/C18H22F3N3O4/c1-12(2)8-22-10-14(7-16(22)25)17(26)23(11-18(19,20)21)9-13-5-3-4-6-15(13)24(27)28/h3-6,12,14H,7-11H2,1-2H3/t14-/m1/s1. The lowest BCUT2D eigenvalue weighted by molar-refractivity contribution is -0.385. The maximum absolute atomic E-state index is 13.0. The number of carbonyl (C=O) groups is 2. The van der Waals surface area contributed by atoms with Crippen molar-refractivity contribution in [2.45, 2.75) is 33.0 Å². The fraction of sp³-hybridized carbons (Fsp3) is 0.556. The van der Waals surface area contributed by atoms with Gasteiger partial charge in [-0.05, 0) is 5.92 Å². The Bertz CT molecular complexity index is 752. The number of carbonyl (C=O) groups excluding carboxylic acids is 2. The van der Waals surface area contributed by atoms with Crippen molar-refractivity contribution in [2.24, 2.45) is 11.8 Å². The Hall–Kier alpha value is -2.65. The summed E-state index contributed by atoms with van der Waals surface area (Å²) < 4.78 is 39.1. The molecule has 2 rings (SSSR count). The van der Waals surface area contributed by atoms with Gasteiger partial charge in [-0.2, -0.15) is 13.2 Å². The van der Waals surface area contributed by atoms with E-state index in [0.29, 0.717) is 11.4 Å². The van der Waals surface area contributed by atoms with Gasteiger partial charge >= 0.3 is 6.18 Å². The summed E-state index contributed by atoms with van der Waals surface area (Å²) in [4.78, 5) is 37.3. The fourth-order valence-electron chi connectivity index (χ4n) is 3.27. The van der Waals surface area contributed by atoms with Crippen LogP contribution in [0, 0.1) is 22.0 Å². The quantitative estimate of drug-likeness (QED) is 0.519. The van der Waals surface area contributed by atoms with E-state index in [9.17, 15) is 32.9 Å². The normalized spacial score (nSPS) is 17.3. The molecule has 0 N–H and O–H groups in total. The number of alkyl halides is 3. The summed E-state index contributed by atoms with van der Waals surface area (Å²) in [5, 5.41) is 11.1. The molecule has 0 unspecified atom stereocenters. The van der Waals surface area contributed by atoms with E-state index in [1.54, 1.807) is 0 Å². The summed E-state index contributed by atoms with van der Waals surface area (Å²) >= 11 is 0. The summed E-state index contributed by atoms with van der Waals surface area (Å²) in [6.45, 7) is 2.18. The van der Waals surface area contributed by atoms with E-state index in [0.717, 1.165) is 0 Å². The molecule has 1 aliphatic heterocycles. The molecule has 0 radical (unpaired) electrons. The van der Waals surface area contributed by atoms with Gasteiger partial charge in [0.1, 0.15) is 6.54 Å². The molecule has 0 bridgehead atoms. The summed E-state index contributed by atoms with van der Waals surface area (Å²) in [6, 6.07) is 5.35. The molecule has 1 aromatic carbocycles. The average molecular weight is 401 g/mol. The molecule has 10 heteroatoms. The van der Waals surface area contributed by atoms with Gasteiger partial charge in [-0.15, -0.1) is 0 Å². The Morgan fingerprint density at radius 1 is 1.36 bits per heavy atom. The summed E-state index contributed by atoms with van der Waals surface area (Å²) in [7, 11) is 0. The Labute approximate surface area is 160 Å². The third kappa shape index (κ3) is 5.67. The van der Waals surface area contributed by atoms with Crippen LogP contribution in [-0.2, 0) is 16.1 Å². The Morgan fingerprint density at radius 2 is 2.00 bits per heavy atom. The van der Waals surface area contributed by atoms with Gasteiger partial charge < -0.3 is 9.80 Å². The lowest BCUT2D eigenvalue weighted by atomic mass is 10.1. The van der Waals surface area contributed by atoms with E-state index < -0.39 is 36.0 Å². The van der Waals surface area contributed by atoms with Crippen molar-refractivity contribution >= 4 is 17.5 Å². The lowest BCUT2D eigenvalue weighted by Gasteiger charge is -2.27. The molecular weight excluding hydrogens is 379 g/mol. The average Bonchev–Trinajstić information content (AvgIpc) is 2.92. The van der Waals surface area contributed by atoms with Gasteiger partial charge in [0.05, 0.1) is 17.4 Å². The summed E-state index contributed by atoms with van der Waals surface area (Å²) in [5.41, 5.74) is -0.347. The molecule has 1 fully saturated rings. The number of hydrogen-bond acceptors (Lipinski definition) is 4. The number of halogens is 3. The van der Waals surface area contributed by atoms with Crippen LogP contribution in [0.1, 0.15) is 25.8 Å². The highest BCUT2D eigenvalue weighted by Gasteiger charge is 2.40. The minimum absolute atomic E-state index is 0.00783. The Kier molecular flexibility index (Phi) is 6.63. The molecule has 1 saturated heterocycles.